The molecule has 0 saturated heterocycles. The Kier molecular flexibility index (Phi) is 4.76. The molecule has 2 rings (SSSR count). The van der Waals surface area contributed by atoms with Crippen molar-refractivity contribution in [3.63, 3.8) is 0 Å². The molecule has 1 aromatic heterocycles. The molecule has 1 amide bonds. The molecule has 0 saturated carbocycles. The first-order valence-corrected chi connectivity index (χ1v) is 7.19. The maximum Gasteiger partial charge on any atom is 0.350 e. The van der Waals surface area contributed by atoms with Gasteiger partial charge in [0.25, 0.3) is 5.91 Å². The molecule has 0 aliphatic carbocycles. The van der Waals surface area contributed by atoms with E-state index in [-0.39, 0.29) is 5.91 Å². The standard InChI is InChI=1S/C14H12ClNO3S/c1-19-14(18)12-11(6-7-20-12)16-13(17)10-4-2-9(8-15)3-5-10/h2-7H,8H2,1H3,(H,16,17). The molecule has 1 aromatic carbocycles. The quantitative estimate of drug-likeness (QED) is 0.694. The molecule has 0 unspecified atom stereocenters. The highest BCUT2D eigenvalue weighted by Crippen LogP contribution is 2.23. The van der Waals surface area contributed by atoms with E-state index in [1.807, 2.05) is 0 Å². The molecular weight excluding hydrogens is 298 g/mol. The van der Waals surface area contributed by atoms with Gasteiger partial charge < -0.3 is 10.1 Å². The van der Waals surface area contributed by atoms with Gasteiger partial charge in [-0.1, -0.05) is 12.1 Å². The van der Waals surface area contributed by atoms with Crippen LogP contribution >= 0.6 is 22.9 Å². The number of hydrogen-bond acceptors (Lipinski definition) is 4. The average molecular weight is 310 g/mol. The molecular formula is C14H12ClNO3S. The van der Waals surface area contributed by atoms with Gasteiger partial charge >= 0.3 is 5.97 Å². The number of nitrogens with one attached hydrogen (secondary N) is 1. The lowest BCUT2D eigenvalue weighted by Gasteiger charge is -2.06. The van der Waals surface area contributed by atoms with Crippen LogP contribution in [-0.4, -0.2) is 19.0 Å². The second-order valence-corrected chi connectivity index (χ2v) is 5.12. The fraction of sp³-hybridized carbons (Fsp3) is 0.143. The molecule has 20 heavy (non-hydrogen) atoms. The summed E-state index contributed by atoms with van der Waals surface area (Å²) in [6, 6.07) is 8.63. The number of esters is 1. The number of amides is 1. The highest BCUT2D eigenvalue weighted by Gasteiger charge is 2.16. The fourth-order valence-corrected chi connectivity index (χ4v) is 2.54. The lowest BCUT2D eigenvalue weighted by atomic mass is 10.1. The first-order chi connectivity index (χ1) is 9.65. The van der Waals surface area contributed by atoms with Crippen molar-refractivity contribution in [2.75, 3.05) is 12.4 Å². The first kappa shape index (κ1) is 14.6. The van der Waals surface area contributed by atoms with Crippen molar-refractivity contribution in [3.05, 3.63) is 51.7 Å². The van der Waals surface area contributed by atoms with Crippen molar-refractivity contribution in [1.29, 1.82) is 0 Å². The fourth-order valence-electron chi connectivity index (χ4n) is 1.60. The third kappa shape index (κ3) is 3.18. The summed E-state index contributed by atoms with van der Waals surface area (Å²) in [6.07, 6.45) is 0. The number of alkyl halides is 1. The summed E-state index contributed by atoms with van der Waals surface area (Å²) in [4.78, 5) is 24.0. The van der Waals surface area contributed by atoms with Crippen molar-refractivity contribution in [3.8, 4) is 0 Å². The largest absolute Gasteiger partial charge is 0.465 e. The molecule has 0 fully saturated rings. The minimum atomic E-state index is -0.465. The maximum absolute atomic E-state index is 12.1. The summed E-state index contributed by atoms with van der Waals surface area (Å²) < 4.78 is 4.66. The van der Waals surface area contributed by atoms with Gasteiger partial charge in [-0.2, -0.15) is 0 Å². The summed E-state index contributed by atoms with van der Waals surface area (Å²) >= 11 is 6.91. The number of carbonyl (C=O) groups is 2. The van der Waals surface area contributed by atoms with Gasteiger partial charge in [-0.15, -0.1) is 22.9 Å². The van der Waals surface area contributed by atoms with Crippen LogP contribution in [0.1, 0.15) is 25.6 Å². The van der Waals surface area contributed by atoms with E-state index in [4.69, 9.17) is 11.6 Å². The number of carbonyl (C=O) groups excluding carboxylic acids is 2. The predicted octanol–water partition coefficient (Wildman–Crippen LogP) is 3.53. The van der Waals surface area contributed by atoms with Gasteiger partial charge in [0.2, 0.25) is 0 Å². The Hall–Kier alpha value is -1.85. The molecule has 1 N–H and O–H groups in total. The van der Waals surface area contributed by atoms with Crippen LogP contribution in [0.3, 0.4) is 0 Å². The smallest absolute Gasteiger partial charge is 0.350 e. The van der Waals surface area contributed by atoms with Gasteiger partial charge in [0, 0.05) is 11.4 Å². The van der Waals surface area contributed by atoms with Crippen LogP contribution in [0.2, 0.25) is 0 Å². The molecule has 0 radical (unpaired) electrons. The minimum absolute atomic E-state index is 0.283. The molecule has 4 nitrogen and oxygen atoms in total. The van der Waals surface area contributed by atoms with Crippen LogP contribution in [0.4, 0.5) is 5.69 Å². The highest BCUT2D eigenvalue weighted by atomic mass is 35.5. The molecule has 6 heteroatoms. The number of hydrogen-bond donors (Lipinski definition) is 1. The van der Waals surface area contributed by atoms with Gasteiger partial charge in [0.15, 0.2) is 0 Å². The van der Waals surface area contributed by atoms with E-state index >= 15 is 0 Å². The predicted molar refractivity (Wildman–Crippen MR) is 79.6 cm³/mol. The Morgan fingerprint density at radius 2 is 1.95 bits per heavy atom. The summed E-state index contributed by atoms with van der Waals surface area (Å²) in [5.74, 6) is -0.346. The van der Waals surface area contributed by atoms with Crippen molar-refractivity contribution < 1.29 is 14.3 Å². The molecule has 0 spiro atoms. The summed E-state index contributed by atoms with van der Waals surface area (Å²) in [5, 5.41) is 4.42. The van der Waals surface area contributed by atoms with Crippen molar-refractivity contribution in [1.82, 2.24) is 0 Å². The van der Waals surface area contributed by atoms with Crippen LogP contribution in [0.25, 0.3) is 0 Å². The Morgan fingerprint density at radius 3 is 2.55 bits per heavy atom. The number of methoxy groups -OCH3 is 1. The average Bonchev–Trinajstić information content (AvgIpc) is 2.94. The number of halogens is 1. The molecule has 104 valence electrons. The molecule has 2 aromatic rings. The van der Waals surface area contributed by atoms with Gasteiger partial charge in [0.05, 0.1) is 12.8 Å². The molecule has 0 bridgehead atoms. The van der Waals surface area contributed by atoms with Gasteiger partial charge in [0.1, 0.15) is 4.88 Å². The van der Waals surface area contributed by atoms with Crippen LogP contribution in [0, 0.1) is 0 Å². The Morgan fingerprint density at radius 1 is 1.25 bits per heavy atom. The van der Waals surface area contributed by atoms with Crippen LogP contribution < -0.4 is 5.32 Å². The first-order valence-electron chi connectivity index (χ1n) is 5.77. The second-order valence-electron chi connectivity index (χ2n) is 3.94. The van der Waals surface area contributed by atoms with E-state index in [0.717, 1.165) is 5.56 Å². The number of ether oxygens (including phenoxy) is 1. The third-order valence-corrected chi connectivity index (χ3v) is 3.86. The zero-order chi connectivity index (χ0) is 14.5. The zero-order valence-corrected chi connectivity index (χ0v) is 12.3. The second kappa shape index (κ2) is 6.54. The van der Waals surface area contributed by atoms with Crippen LogP contribution in [0.5, 0.6) is 0 Å². The SMILES string of the molecule is COC(=O)c1sccc1NC(=O)c1ccc(CCl)cc1. The number of anilines is 1. The van der Waals surface area contributed by atoms with E-state index in [0.29, 0.717) is 22.0 Å². The minimum Gasteiger partial charge on any atom is -0.465 e. The van der Waals surface area contributed by atoms with Crippen molar-refractivity contribution in [2.24, 2.45) is 0 Å². The van der Waals surface area contributed by atoms with Crippen LogP contribution in [0.15, 0.2) is 35.7 Å². The normalized spacial score (nSPS) is 10.1. The van der Waals surface area contributed by atoms with E-state index in [1.165, 1.54) is 18.4 Å². The maximum atomic E-state index is 12.1. The van der Waals surface area contributed by atoms with E-state index in [1.54, 1.807) is 35.7 Å². The lowest BCUT2D eigenvalue weighted by molar-refractivity contribution is 0.0607. The van der Waals surface area contributed by atoms with E-state index in [2.05, 4.69) is 10.1 Å². The molecule has 0 aliphatic heterocycles. The summed E-state index contributed by atoms with van der Waals surface area (Å²) in [7, 11) is 1.30. The zero-order valence-electron chi connectivity index (χ0n) is 10.7. The van der Waals surface area contributed by atoms with Gasteiger partial charge in [-0.05, 0) is 29.1 Å². The van der Waals surface area contributed by atoms with Crippen LogP contribution in [-0.2, 0) is 10.6 Å². The Balaban J connectivity index is 2.15. The topological polar surface area (TPSA) is 55.4 Å². The van der Waals surface area contributed by atoms with Crippen molar-refractivity contribution in [2.45, 2.75) is 5.88 Å². The van der Waals surface area contributed by atoms with Crippen molar-refractivity contribution >= 4 is 40.5 Å². The lowest BCUT2D eigenvalue weighted by Crippen LogP contribution is -2.13. The van der Waals surface area contributed by atoms with E-state index < -0.39 is 5.97 Å². The number of thiophene rings is 1. The summed E-state index contributed by atoms with van der Waals surface area (Å²) in [5.41, 5.74) is 1.89. The number of benzene rings is 1. The Labute approximate surface area is 125 Å². The van der Waals surface area contributed by atoms with Gasteiger partial charge in [-0.25, -0.2) is 4.79 Å². The highest BCUT2D eigenvalue weighted by molar-refractivity contribution is 7.12. The number of rotatable bonds is 4. The summed E-state index contributed by atoms with van der Waals surface area (Å²) in [6.45, 7) is 0. The Bertz CT molecular complexity index is 622. The molecule has 0 aliphatic rings. The van der Waals surface area contributed by atoms with Gasteiger partial charge in [-0.3, -0.25) is 4.79 Å². The van der Waals surface area contributed by atoms with E-state index in [9.17, 15) is 9.59 Å². The molecule has 0 atom stereocenters. The third-order valence-electron chi connectivity index (χ3n) is 2.65. The molecule has 1 heterocycles. The monoisotopic (exact) mass is 309 g/mol.